The van der Waals surface area contributed by atoms with Crippen molar-refractivity contribution in [3.63, 3.8) is 0 Å². The number of hydrogen-bond donors (Lipinski definition) is 4. The quantitative estimate of drug-likeness (QED) is 0.0527. The second kappa shape index (κ2) is 25.1. The second-order valence-electron chi connectivity index (χ2n) is 16.1. The van der Waals surface area contributed by atoms with E-state index in [0.29, 0.717) is 46.7 Å². The Labute approximate surface area is 399 Å². The molecule has 4 N–H and O–H groups in total. The Balaban J connectivity index is 0.000000261. The summed E-state index contributed by atoms with van der Waals surface area (Å²) in [6, 6.07) is 16.2. The number of hydrogen-bond acceptors (Lipinski definition) is 10. The van der Waals surface area contributed by atoms with Gasteiger partial charge in [-0.15, -0.1) is 0 Å². The van der Waals surface area contributed by atoms with Gasteiger partial charge in [0, 0.05) is 72.8 Å². The summed E-state index contributed by atoms with van der Waals surface area (Å²) >= 11 is 0. The number of carbonyl (C=O) groups excluding carboxylic acids is 2. The molecule has 14 nitrogen and oxygen atoms in total. The Morgan fingerprint density at radius 1 is 0.500 bits per heavy atom. The average molecular weight is 973 g/mol. The van der Waals surface area contributed by atoms with Gasteiger partial charge in [0.25, 0.3) is 11.8 Å². The summed E-state index contributed by atoms with van der Waals surface area (Å²) in [6.45, 7) is 4.19. The van der Waals surface area contributed by atoms with Gasteiger partial charge in [-0.3, -0.25) is 29.1 Å². The molecule has 368 valence electrons. The van der Waals surface area contributed by atoms with Crippen LogP contribution in [-0.2, 0) is 34.8 Å². The largest absolute Gasteiger partial charge is 0.481 e. The predicted molar refractivity (Wildman–Crippen MR) is 245 cm³/mol. The monoisotopic (exact) mass is 972 g/mol. The van der Waals surface area contributed by atoms with Crippen molar-refractivity contribution in [1.29, 1.82) is 0 Å². The van der Waals surface area contributed by atoms with Gasteiger partial charge in [-0.05, 0) is 97.2 Å². The van der Waals surface area contributed by atoms with Gasteiger partial charge in [0.05, 0.1) is 35.1 Å². The van der Waals surface area contributed by atoms with Crippen LogP contribution < -0.4 is 10.6 Å². The lowest BCUT2D eigenvalue weighted by Gasteiger charge is -2.16. The highest BCUT2D eigenvalue weighted by Gasteiger charge is 2.31. The van der Waals surface area contributed by atoms with Crippen molar-refractivity contribution in [1.82, 2.24) is 40.5 Å². The SMILES string of the molecule is CCC[C@@H](Cc1ccc(C(=O)NCCC(=O)O)cn1)c1cnc(-c2ccc(C(F)(F)F)cc2)nc1.CCC[C@H](Cc1ccc(C(=O)NCCC(=O)O)cn1)c1cnc(-c2ccc(C(F)(F)F)cc2)nc1. The second-order valence-corrected chi connectivity index (χ2v) is 16.1. The van der Waals surface area contributed by atoms with Crippen molar-refractivity contribution in [3.8, 4) is 22.8 Å². The molecular formula is C50H50F6N8O6. The van der Waals surface area contributed by atoms with E-state index in [1.54, 1.807) is 49.1 Å². The zero-order valence-electron chi connectivity index (χ0n) is 38.1. The smallest absolute Gasteiger partial charge is 0.416 e. The molecule has 0 bridgehead atoms. The van der Waals surface area contributed by atoms with Gasteiger partial charge in [-0.2, -0.15) is 26.3 Å². The Hall–Kier alpha value is -7.64. The lowest BCUT2D eigenvalue weighted by atomic mass is 9.91. The first kappa shape index (κ1) is 53.3. The van der Waals surface area contributed by atoms with Crippen LogP contribution in [0.1, 0.15) is 119 Å². The van der Waals surface area contributed by atoms with Crippen LogP contribution in [0.4, 0.5) is 26.3 Å². The maximum absolute atomic E-state index is 12.8. The van der Waals surface area contributed by atoms with Crippen molar-refractivity contribution in [2.45, 2.75) is 89.4 Å². The number of rotatable bonds is 20. The Kier molecular flexibility index (Phi) is 19.1. The van der Waals surface area contributed by atoms with E-state index < -0.39 is 35.4 Å². The van der Waals surface area contributed by atoms with Crippen molar-refractivity contribution in [3.05, 3.63) is 155 Å². The number of carboxylic acid groups (broad SMARTS) is 2. The molecule has 6 rings (SSSR count). The van der Waals surface area contributed by atoms with Crippen LogP contribution >= 0.6 is 0 Å². The van der Waals surface area contributed by atoms with E-state index in [-0.39, 0.29) is 49.6 Å². The molecule has 0 saturated carbocycles. The zero-order valence-corrected chi connectivity index (χ0v) is 38.1. The minimum absolute atomic E-state index is 0.0387. The molecule has 4 aromatic heterocycles. The standard InChI is InChI=1S/2C25H25F3N4O3/c2*1-2-3-17(12-21-9-6-18(13-30-21)24(35)29-11-10-22(33)34)19-14-31-23(32-15-19)16-4-7-20(8-5-16)25(26,27)28/h2*4-9,13-15,17H,2-3,10-12H2,1H3,(H,29,35)(H,33,34)/t2*17-/m10/s1. The fraction of sp³-hybridized carbons (Fsp3) is 0.320. The van der Waals surface area contributed by atoms with Crippen LogP contribution in [-0.4, -0.2) is 77.0 Å². The van der Waals surface area contributed by atoms with Gasteiger partial charge < -0.3 is 20.8 Å². The van der Waals surface area contributed by atoms with E-state index in [9.17, 15) is 45.5 Å². The average Bonchev–Trinajstić information content (AvgIpc) is 3.34. The Bertz CT molecular complexity index is 2450. The highest BCUT2D eigenvalue weighted by Crippen LogP contribution is 2.33. The van der Waals surface area contributed by atoms with Gasteiger partial charge in [0.1, 0.15) is 0 Å². The molecule has 0 aliphatic heterocycles. The van der Waals surface area contributed by atoms with Crippen LogP contribution in [0.15, 0.2) is 110 Å². The molecule has 2 aromatic carbocycles. The van der Waals surface area contributed by atoms with Crippen LogP contribution in [0.25, 0.3) is 22.8 Å². The summed E-state index contributed by atoms with van der Waals surface area (Å²) in [5.41, 5.74) is 3.56. The Morgan fingerprint density at radius 3 is 1.11 bits per heavy atom. The summed E-state index contributed by atoms with van der Waals surface area (Å²) in [5, 5.41) is 22.4. The minimum atomic E-state index is -4.40. The molecule has 0 saturated heterocycles. The van der Waals surface area contributed by atoms with Gasteiger partial charge in [-0.1, -0.05) is 51.0 Å². The summed E-state index contributed by atoms with van der Waals surface area (Å²) in [4.78, 5) is 71.5. The van der Waals surface area contributed by atoms with E-state index in [0.717, 1.165) is 72.5 Å². The summed E-state index contributed by atoms with van der Waals surface area (Å²) in [6.07, 6.45) is 5.26. The number of nitrogens with zero attached hydrogens (tertiary/aromatic N) is 6. The fourth-order valence-corrected chi connectivity index (χ4v) is 7.12. The number of benzene rings is 2. The zero-order chi connectivity index (χ0) is 50.8. The number of carbonyl (C=O) groups is 4. The normalized spacial score (nSPS) is 12.2. The number of carboxylic acids is 2. The molecule has 6 aromatic rings. The van der Waals surface area contributed by atoms with Gasteiger partial charge in [0.2, 0.25) is 0 Å². The van der Waals surface area contributed by atoms with E-state index in [1.807, 2.05) is 0 Å². The van der Waals surface area contributed by atoms with Crippen LogP contribution in [0.2, 0.25) is 0 Å². The topological polar surface area (TPSA) is 210 Å². The van der Waals surface area contributed by atoms with Crippen molar-refractivity contribution < 1.29 is 55.7 Å². The van der Waals surface area contributed by atoms with E-state index >= 15 is 0 Å². The maximum atomic E-state index is 12.8. The number of aromatic nitrogens is 6. The minimum Gasteiger partial charge on any atom is -0.481 e. The molecule has 0 aliphatic carbocycles. The maximum Gasteiger partial charge on any atom is 0.416 e. The van der Waals surface area contributed by atoms with Crippen molar-refractivity contribution in [2.75, 3.05) is 13.1 Å². The third-order valence-electron chi connectivity index (χ3n) is 10.8. The molecule has 70 heavy (non-hydrogen) atoms. The van der Waals surface area contributed by atoms with Crippen molar-refractivity contribution in [2.24, 2.45) is 0 Å². The molecule has 0 radical (unpaired) electrons. The molecule has 2 amide bonds. The third kappa shape index (κ3) is 16.3. The van der Waals surface area contributed by atoms with Crippen LogP contribution in [0, 0.1) is 0 Å². The molecule has 0 spiro atoms. The summed E-state index contributed by atoms with van der Waals surface area (Å²) in [5.74, 6) is -1.92. The van der Waals surface area contributed by atoms with E-state index in [1.165, 1.54) is 36.7 Å². The number of amides is 2. The molecule has 0 fully saturated rings. The highest BCUT2D eigenvalue weighted by molar-refractivity contribution is 5.94. The van der Waals surface area contributed by atoms with Crippen LogP contribution in [0.3, 0.4) is 0 Å². The van der Waals surface area contributed by atoms with Crippen molar-refractivity contribution >= 4 is 23.8 Å². The molecule has 0 unspecified atom stereocenters. The van der Waals surface area contributed by atoms with E-state index in [4.69, 9.17) is 10.2 Å². The third-order valence-corrected chi connectivity index (χ3v) is 10.8. The number of alkyl halides is 6. The molecule has 0 aliphatic rings. The number of pyridine rings is 2. The number of halogens is 6. The first-order valence-corrected chi connectivity index (χ1v) is 22.2. The Morgan fingerprint density at radius 2 is 0.843 bits per heavy atom. The summed E-state index contributed by atoms with van der Waals surface area (Å²) < 4.78 is 76.7. The highest BCUT2D eigenvalue weighted by atomic mass is 19.4. The lowest BCUT2D eigenvalue weighted by molar-refractivity contribution is -0.138. The fourth-order valence-electron chi connectivity index (χ4n) is 7.12. The van der Waals surface area contributed by atoms with Crippen LogP contribution in [0.5, 0.6) is 0 Å². The summed E-state index contributed by atoms with van der Waals surface area (Å²) in [7, 11) is 0. The van der Waals surface area contributed by atoms with Gasteiger partial charge >= 0.3 is 24.3 Å². The molecular weight excluding hydrogens is 923 g/mol. The van der Waals surface area contributed by atoms with E-state index in [2.05, 4.69) is 54.4 Å². The number of aliphatic carboxylic acids is 2. The molecule has 2 atom stereocenters. The first-order chi connectivity index (χ1) is 33.3. The molecule has 20 heteroatoms. The lowest BCUT2D eigenvalue weighted by Crippen LogP contribution is -2.26. The molecule has 4 heterocycles. The van der Waals surface area contributed by atoms with Gasteiger partial charge in [-0.25, -0.2) is 19.9 Å². The first-order valence-electron chi connectivity index (χ1n) is 22.2. The predicted octanol–water partition coefficient (Wildman–Crippen LogP) is 9.78. The number of nitrogens with one attached hydrogen (secondary N) is 2. The van der Waals surface area contributed by atoms with Gasteiger partial charge in [0.15, 0.2) is 11.6 Å².